The molecule has 1 atom stereocenters. The lowest BCUT2D eigenvalue weighted by atomic mass is 10.0. The zero-order chi connectivity index (χ0) is 19.2. The molecule has 0 saturated heterocycles. The first kappa shape index (κ1) is 20.5. The Balaban J connectivity index is 2.99. The number of halogens is 3. The predicted octanol–water partition coefficient (Wildman–Crippen LogP) is 1.69. The molecular formula is C16H19F3N2O4. The van der Waals surface area contributed by atoms with Gasteiger partial charge in [-0.15, -0.1) is 0 Å². The van der Waals surface area contributed by atoms with Crippen LogP contribution in [0.4, 0.5) is 13.2 Å². The first-order valence-corrected chi connectivity index (χ1v) is 7.45. The molecule has 1 aromatic rings. The van der Waals surface area contributed by atoms with E-state index >= 15 is 0 Å². The standard InChI is InChI=1S/C16H19F3N2O4/c1-10(15(24)25)21(8-7-20-11(2)22)14(23)9-12-5-3-4-6-13(12)16(17,18)19/h3-6,10H,7-9H2,1-2H3,(H,20,22)(H,24,25). The van der Waals surface area contributed by atoms with Crippen LogP contribution in [0.1, 0.15) is 25.0 Å². The number of carboxylic acid groups (broad SMARTS) is 1. The molecule has 1 unspecified atom stereocenters. The molecule has 138 valence electrons. The van der Waals surface area contributed by atoms with Gasteiger partial charge >= 0.3 is 12.1 Å². The van der Waals surface area contributed by atoms with E-state index in [4.69, 9.17) is 5.11 Å². The predicted molar refractivity (Wildman–Crippen MR) is 82.6 cm³/mol. The molecule has 1 rings (SSSR count). The van der Waals surface area contributed by atoms with Crippen molar-refractivity contribution < 1.29 is 32.7 Å². The lowest BCUT2D eigenvalue weighted by Crippen LogP contribution is -2.47. The maximum Gasteiger partial charge on any atom is 0.416 e. The number of alkyl halides is 3. The lowest BCUT2D eigenvalue weighted by molar-refractivity contribution is -0.149. The zero-order valence-electron chi connectivity index (χ0n) is 13.8. The molecule has 2 amide bonds. The molecule has 0 aliphatic carbocycles. The number of carbonyl (C=O) groups excluding carboxylic acids is 2. The maximum absolute atomic E-state index is 13.0. The van der Waals surface area contributed by atoms with Crippen LogP contribution in [-0.2, 0) is 27.0 Å². The van der Waals surface area contributed by atoms with Crippen LogP contribution >= 0.6 is 0 Å². The molecule has 0 aliphatic heterocycles. The van der Waals surface area contributed by atoms with E-state index in [1.54, 1.807) is 0 Å². The van der Waals surface area contributed by atoms with Crippen molar-refractivity contribution in [2.75, 3.05) is 13.1 Å². The van der Waals surface area contributed by atoms with Crippen molar-refractivity contribution in [2.24, 2.45) is 0 Å². The topological polar surface area (TPSA) is 86.7 Å². The number of carbonyl (C=O) groups is 3. The molecule has 1 aromatic carbocycles. The molecule has 0 radical (unpaired) electrons. The van der Waals surface area contributed by atoms with E-state index in [2.05, 4.69) is 5.32 Å². The van der Waals surface area contributed by atoms with Crippen LogP contribution in [0.3, 0.4) is 0 Å². The van der Waals surface area contributed by atoms with Crippen molar-refractivity contribution in [3.05, 3.63) is 35.4 Å². The summed E-state index contributed by atoms with van der Waals surface area (Å²) in [6.45, 7) is 2.38. The highest BCUT2D eigenvalue weighted by atomic mass is 19.4. The Morgan fingerprint density at radius 1 is 1.24 bits per heavy atom. The number of amides is 2. The smallest absolute Gasteiger partial charge is 0.416 e. The van der Waals surface area contributed by atoms with Crippen LogP contribution in [-0.4, -0.2) is 46.9 Å². The molecule has 6 nitrogen and oxygen atoms in total. The fourth-order valence-corrected chi connectivity index (χ4v) is 2.24. The molecule has 0 bridgehead atoms. The number of aliphatic carboxylic acids is 1. The first-order chi connectivity index (χ1) is 11.5. The molecule has 25 heavy (non-hydrogen) atoms. The summed E-state index contributed by atoms with van der Waals surface area (Å²) >= 11 is 0. The van der Waals surface area contributed by atoms with E-state index in [0.29, 0.717) is 0 Å². The summed E-state index contributed by atoms with van der Waals surface area (Å²) in [5, 5.41) is 11.5. The number of hydrogen-bond donors (Lipinski definition) is 2. The number of benzene rings is 1. The maximum atomic E-state index is 13.0. The molecule has 2 N–H and O–H groups in total. The molecule has 0 heterocycles. The van der Waals surface area contributed by atoms with Crippen molar-refractivity contribution in [3.8, 4) is 0 Å². The average Bonchev–Trinajstić information content (AvgIpc) is 2.50. The highest BCUT2D eigenvalue weighted by Crippen LogP contribution is 2.32. The summed E-state index contributed by atoms with van der Waals surface area (Å²) < 4.78 is 39.0. The Kier molecular flexibility index (Phi) is 6.96. The second-order valence-electron chi connectivity index (χ2n) is 5.42. The molecule has 0 spiro atoms. The number of rotatable bonds is 7. The fourth-order valence-electron chi connectivity index (χ4n) is 2.24. The summed E-state index contributed by atoms with van der Waals surface area (Å²) in [5.74, 6) is -2.42. The van der Waals surface area contributed by atoms with Gasteiger partial charge in [-0.05, 0) is 18.6 Å². The highest BCUT2D eigenvalue weighted by Gasteiger charge is 2.34. The van der Waals surface area contributed by atoms with Gasteiger partial charge in [-0.25, -0.2) is 4.79 Å². The number of carboxylic acids is 1. The van der Waals surface area contributed by atoms with E-state index in [9.17, 15) is 27.6 Å². The van der Waals surface area contributed by atoms with Gasteiger partial charge in [0.2, 0.25) is 11.8 Å². The van der Waals surface area contributed by atoms with Crippen molar-refractivity contribution in [2.45, 2.75) is 32.5 Å². The van der Waals surface area contributed by atoms with Crippen LogP contribution in [0.5, 0.6) is 0 Å². The lowest BCUT2D eigenvalue weighted by Gasteiger charge is -2.27. The Morgan fingerprint density at radius 2 is 1.84 bits per heavy atom. The summed E-state index contributed by atoms with van der Waals surface area (Å²) in [7, 11) is 0. The molecule has 0 fully saturated rings. The Morgan fingerprint density at radius 3 is 2.36 bits per heavy atom. The van der Waals surface area contributed by atoms with E-state index < -0.39 is 36.1 Å². The molecule has 0 aliphatic rings. The van der Waals surface area contributed by atoms with Crippen LogP contribution in [0.2, 0.25) is 0 Å². The molecular weight excluding hydrogens is 341 g/mol. The minimum Gasteiger partial charge on any atom is -0.480 e. The second-order valence-corrected chi connectivity index (χ2v) is 5.42. The first-order valence-electron chi connectivity index (χ1n) is 7.45. The van der Waals surface area contributed by atoms with Gasteiger partial charge in [0.15, 0.2) is 0 Å². The summed E-state index contributed by atoms with van der Waals surface area (Å²) in [6.07, 6.45) is -5.20. The third-order valence-corrected chi connectivity index (χ3v) is 3.54. The summed E-state index contributed by atoms with van der Waals surface area (Å²) in [6, 6.07) is 3.40. The molecule has 0 aromatic heterocycles. The van der Waals surface area contributed by atoms with E-state index in [1.165, 1.54) is 32.0 Å². The van der Waals surface area contributed by atoms with Gasteiger partial charge < -0.3 is 15.3 Å². The second kappa shape index (κ2) is 8.50. The van der Waals surface area contributed by atoms with E-state index in [-0.39, 0.29) is 24.6 Å². The number of nitrogens with zero attached hydrogens (tertiary/aromatic N) is 1. The van der Waals surface area contributed by atoms with Crippen molar-refractivity contribution in [1.29, 1.82) is 0 Å². The van der Waals surface area contributed by atoms with Crippen LogP contribution in [0.15, 0.2) is 24.3 Å². The van der Waals surface area contributed by atoms with Gasteiger partial charge in [0, 0.05) is 20.0 Å². The normalized spacial score (nSPS) is 12.4. The van der Waals surface area contributed by atoms with Crippen molar-refractivity contribution in [3.63, 3.8) is 0 Å². The van der Waals surface area contributed by atoms with Gasteiger partial charge in [0.25, 0.3) is 0 Å². The third kappa shape index (κ3) is 6.09. The van der Waals surface area contributed by atoms with Gasteiger partial charge in [-0.2, -0.15) is 13.2 Å². The Hall–Kier alpha value is -2.58. The quantitative estimate of drug-likeness (QED) is 0.775. The molecule has 9 heteroatoms. The Bertz CT molecular complexity index is 647. The summed E-state index contributed by atoms with van der Waals surface area (Å²) in [5.41, 5.74) is -1.17. The Labute approximate surface area is 142 Å². The van der Waals surface area contributed by atoms with Gasteiger partial charge in [0.1, 0.15) is 6.04 Å². The van der Waals surface area contributed by atoms with Crippen molar-refractivity contribution in [1.82, 2.24) is 10.2 Å². The number of hydrogen-bond acceptors (Lipinski definition) is 3. The van der Waals surface area contributed by atoms with Gasteiger partial charge in [0.05, 0.1) is 12.0 Å². The fraction of sp³-hybridized carbons (Fsp3) is 0.438. The van der Waals surface area contributed by atoms with Crippen molar-refractivity contribution >= 4 is 17.8 Å². The van der Waals surface area contributed by atoms with E-state index in [0.717, 1.165) is 11.0 Å². The van der Waals surface area contributed by atoms with Gasteiger partial charge in [-0.1, -0.05) is 18.2 Å². The van der Waals surface area contributed by atoms with Crippen LogP contribution in [0, 0.1) is 0 Å². The van der Waals surface area contributed by atoms with E-state index in [1.807, 2.05) is 0 Å². The molecule has 0 saturated carbocycles. The average molecular weight is 360 g/mol. The SMILES string of the molecule is CC(=O)NCCN(C(=O)Cc1ccccc1C(F)(F)F)C(C)C(=O)O. The largest absolute Gasteiger partial charge is 0.480 e. The zero-order valence-corrected chi connectivity index (χ0v) is 13.8. The minimum atomic E-state index is -4.61. The monoisotopic (exact) mass is 360 g/mol. The number of nitrogens with one attached hydrogen (secondary N) is 1. The van der Waals surface area contributed by atoms with Gasteiger partial charge in [-0.3, -0.25) is 9.59 Å². The highest BCUT2D eigenvalue weighted by molar-refractivity contribution is 5.85. The summed E-state index contributed by atoms with van der Waals surface area (Å²) in [4.78, 5) is 35.4. The van der Waals surface area contributed by atoms with Crippen LogP contribution < -0.4 is 5.32 Å². The minimum absolute atomic E-state index is 0.000386. The third-order valence-electron chi connectivity index (χ3n) is 3.54. The van der Waals surface area contributed by atoms with Crippen LogP contribution in [0.25, 0.3) is 0 Å².